The summed E-state index contributed by atoms with van der Waals surface area (Å²) < 4.78 is 0. The molecule has 0 aliphatic heterocycles. The SMILES string of the molecule is C=CCNOCCNC. The molecule has 0 fully saturated rings. The maximum absolute atomic E-state index is 4.93. The highest BCUT2D eigenvalue weighted by molar-refractivity contribution is 4.65. The molecule has 0 atom stereocenters. The molecule has 2 N–H and O–H groups in total. The molecule has 0 radical (unpaired) electrons. The molecule has 0 aliphatic carbocycles. The van der Waals surface area contributed by atoms with Crippen molar-refractivity contribution in [3.63, 3.8) is 0 Å². The molecule has 0 rings (SSSR count). The zero-order valence-corrected chi connectivity index (χ0v) is 5.81. The highest BCUT2D eigenvalue weighted by atomic mass is 16.6. The number of hydrogen-bond acceptors (Lipinski definition) is 3. The van der Waals surface area contributed by atoms with Gasteiger partial charge in [0.25, 0.3) is 0 Å². The lowest BCUT2D eigenvalue weighted by Gasteiger charge is -2.00. The zero-order valence-electron chi connectivity index (χ0n) is 5.81. The third-order valence-corrected chi connectivity index (χ3v) is 0.784. The van der Waals surface area contributed by atoms with E-state index in [9.17, 15) is 0 Å². The second kappa shape index (κ2) is 7.62. The summed E-state index contributed by atoms with van der Waals surface area (Å²) in [6.07, 6.45) is 1.75. The van der Waals surface area contributed by atoms with Crippen molar-refractivity contribution in [2.45, 2.75) is 0 Å². The number of rotatable bonds is 6. The monoisotopic (exact) mass is 130 g/mol. The lowest BCUT2D eigenvalue weighted by molar-refractivity contribution is 0.0515. The van der Waals surface area contributed by atoms with E-state index in [1.54, 1.807) is 6.08 Å². The smallest absolute Gasteiger partial charge is 0.0806 e. The molecule has 0 unspecified atom stereocenters. The van der Waals surface area contributed by atoms with E-state index in [1.165, 1.54) is 0 Å². The Morgan fingerprint density at radius 3 is 3.00 bits per heavy atom. The molecule has 54 valence electrons. The Bertz CT molecular complexity index is 66.1. The fourth-order valence-corrected chi connectivity index (χ4v) is 0.343. The minimum Gasteiger partial charge on any atom is -0.317 e. The van der Waals surface area contributed by atoms with E-state index in [1.807, 2.05) is 7.05 Å². The van der Waals surface area contributed by atoms with Crippen LogP contribution < -0.4 is 10.8 Å². The fourth-order valence-electron chi connectivity index (χ4n) is 0.343. The molecule has 0 bridgehead atoms. The van der Waals surface area contributed by atoms with Crippen molar-refractivity contribution in [3.05, 3.63) is 12.7 Å². The molecule has 3 heteroatoms. The van der Waals surface area contributed by atoms with Crippen LogP contribution in [0.4, 0.5) is 0 Å². The van der Waals surface area contributed by atoms with Gasteiger partial charge < -0.3 is 10.2 Å². The molecule has 0 saturated carbocycles. The summed E-state index contributed by atoms with van der Waals surface area (Å²) in [6, 6.07) is 0. The van der Waals surface area contributed by atoms with Gasteiger partial charge in [-0.2, -0.15) is 5.48 Å². The molecule has 3 nitrogen and oxygen atoms in total. The molecule has 0 saturated heterocycles. The van der Waals surface area contributed by atoms with Crippen molar-refractivity contribution in [3.8, 4) is 0 Å². The van der Waals surface area contributed by atoms with Crippen molar-refractivity contribution in [2.24, 2.45) is 0 Å². The third-order valence-electron chi connectivity index (χ3n) is 0.784. The van der Waals surface area contributed by atoms with Crippen LogP contribution in [0.2, 0.25) is 0 Å². The van der Waals surface area contributed by atoms with Gasteiger partial charge in [0.2, 0.25) is 0 Å². The maximum Gasteiger partial charge on any atom is 0.0806 e. The van der Waals surface area contributed by atoms with Crippen molar-refractivity contribution < 1.29 is 4.84 Å². The fraction of sp³-hybridized carbons (Fsp3) is 0.667. The summed E-state index contributed by atoms with van der Waals surface area (Å²) >= 11 is 0. The molecular weight excluding hydrogens is 116 g/mol. The number of nitrogens with one attached hydrogen (secondary N) is 2. The van der Waals surface area contributed by atoms with E-state index in [2.05, 4.69) is 17.4 Å². The van der Waals surface area contributed by atoms with Crippen LogP contribution in [-0.4, -0.2) is 26.7 Å². The quantitative estimate of drug-likeness (QED) is 0.299. The molecule has 0 aliphatic rings. The van der Waals surface area contributed by atoms with Crippen LogP contribution in [0.5, 0.6) is 0 Å². The lowest BCUT2D eigenvalue weighted by Crippen LogP contribution is -2.21. The van der Waals surface area contributed by atoms with E-state index in [-0.39, 0.29) is 0 Å². The molecule has 0 aromatic rings. The van der Waals surface area contributed by atoms with Gasteiger partial charge >= 0.3 is 0 Å². The Kier molecular flexibility index (Phi) is 7.30. The van der Waals surface area contributed by atoms with Crippen LogP contribution in [0.15, 0.2) is 12.7 Å². The van der Waals surface area contributed by atoms with Gasteiger partial charge in [0.1, 0.15) is 0 Å². The molecular formula is C6H14N2O. The van der Waals surface area contributed by atoms with E-state index < -0.39 is 0 Å². The number of likely N-dealkylation sites (N-methyl/N-ethyl adjacent to an activating group) is 1. The molecule has 0 amide bonds. The topological polar surface area (TPSA) is 33.3 Å². The largest absolute Gasteiger partial charge is 0.317 e. The van der Waals surface area contributed by atoms with E-state index >= 15 is 0 Å². The first-order chi connectivity index (χ1) is 4.41. The third kappa shape index (κ3) is 7.62. The minimum absolute atomic E-state index is 0.685. The summed E-state index contributed by atoms with van der Waals surface area (Å²) in [6.45, 7) is 5.77. The predicted molar refractivity (Wildman–Crippen MR) is 38.1 cm³/mol. The van der Waals surface area contributed by atoms with Gasteiger partial charge in [-0.05, 0) is 7.05 Å². The highest BCUT2D eigenvalue weighted by Gasteiger charge is 1.80. The summed E-state index contributed by atoms with van der Waals surface area (Å²) in [5.74, 6) is 0. The molecule has 0 aromatic carbocycles. The maximum atomic E-state index is 4.93. The Balaban J connectivity index is 2.66. The Morgan fingerprint density at radius 1 is 1.67 bits per heavy atom. The summed E-state index contributed by atoms with van der Waals surface area (Å²) in [7, 11) is 1.89. The van der Waals surface area contributed by atoms with Crippen molar-refractivity contribution in [1.82, 2.24) is 10.8 Å². The second-order valence-corrected chi connectivity index (χ2v) is 1.59. The van der Waals surface area contributed by atoms with Crippen LogP contribution in [0.3, 0.4) is 0 Å². The van der Waals surface area contributed by atoms with Gasteiger partial charge in [0.15, 0.2) is 0 Å². The van der Waals surface area contributed by atoms with E-state index in [4.69, 9.17) is 4.84 Å². The standard InChI is InChI=1S/C6H14N2O/c1-3-4-8-9-6-5-7-2/h3,7-8H,1,4-6H2,2H3. The summed E-state index contributed by atoms with van der Waals surface area (Å²) in [5.41, 5.74) is 2.71. The first-order valence-corrected chi connectivity index (χ1v) is 3.02. The lowest BCUT2D eigenvalue weighted by atomic mass is 10.7. The first kappa shape index (κ1) is 8.62. The van der Waals surface area contributed by atoms with Crippen molar-refractivity contribution in [2.75, 3.05) is 26.7 Å². The van der Waals surface area contributed by atoms with Crippen molar-refractivity contribution in [1.29, 1.82) is 0 Å². The minimum atomic E-state index is 0.685. The van der Waals surface area contributed by atoms with Gasteiger partial charge in [-0.3, -0.25) is 0 Å². The van der Waals surface area contributed by atoms with Crippen LogP contribution >= 0.6 is 0 Å². The van der Waals surface area contributed by atoms with Gasteiger partial charge in [0.05, 0.1) is 6.61 Å². The number of hydroxylamine groups is 1. The number of hydrogen-bond donors (Lipinski definition) is 2. The highest BCUT2D eigenvalue weighted by Crippen LogP contribution is 1.64. The van der Waals surface area contributed by atoms with Gasteiger partial charge in [-0.15, -0.1) is 6.58 Å². The Morgan fingerprint density at radius 2 is 2.44 bits per heavy atom. The van der Waals surface area contributed by atoms with Crippen molar-refractivity contribution >= 4 is 0 Å². The van der Waals surface area contributed by atoms with Crippen LogP contribution in [0, 0.1) is 0 Å². The average Bonchev–Trinajstić information content (AvgIpc) is 1.89. The molecule has 9 heavy (non-hydrogen) atoms. The molecule has 0 heterocycles. The molecule has 0 spiro atoms. The summed E-state index contributed by atoms with van der Waals surface area (Å²) in [4.78, 5) is 4.93. The van der Waals surface area contributed by atoms with Crippen LogP contribution in [0.1, 0.15) is 0 Å². The first-order valence-electron chi connectivity index (χ1n) is 3.02. The van der Waals surface area contributed by atoms with Gasteiger partial charge in [-0.25, -0.2) is 0 Å². The van der Waals surface area contributed by atoms with Crippen LogP contribution in [0.25, 0.3) is 0 Å². The zero-order chi connectivity index (χ0) is 6.95. The summed E-state index contributed by atoms with van der Waals surface area (Å²) in [5, 5.41) is 2.95. The van der Waals surface area contributed by atoms with E-state index in [0.717, 1.165) is 6.54 Å². The predicted octanol–water partition coefficient (Wildman–Crippen LogP) is -0.0870. The van der Waals surface area contributed by atoms with Gasteiger partial charge in [0, 0.05) is 13.1 Å². The van der Waals surface area contributed by atoms with Gasteiger partial charge in [-0.1, -0.05) is 6.08 Å². The molecule has 0 aromatic heterocycles. The Labute approximate surface area is 56.0 Å². The van der Waals surface area contributed by atoms with Crippen LogP contribution in [-0.2, 0) is 4.84 Å². The average molecular weight is 130 g/mol. The Hall–Kier alpha value is -0.380. The van der Waals surface area contributed by atoms with E-state index in [0.29, 0.717) is 13.2 Å². The normalized spacial score (nSPS) is 9.44. The second-order valence-electron chi connectivity index (χ2n) is 1.59.